The summed E-state index contributed by atoms with van der Waals surface area (Å²) in [5.41, 5.74) is -1.31. The summed E-state index contributed by atoms with van der Waals surface area (Å²) in [5, 5.41) is 13.2. The number of ether oxygens (including phenoxy) is 1. The number of non-ortho nitro benzene ring substituents is 1. The fourth-order valence-electron chi connectivity index (χ4n) is 2.59. The molecule has 0 unspecified atom stereocenters. The van der Waals surface area contributed by atoms with Crippen molar-refractivity contribution in [3.63, 3.8) is 0 Å². The molecule has 1 N–H and O–H groups in total. The summed E-state index contributed by atoms with van der Waals surface area (Å²) in [4.78, 5) is 35.6. The third-order valence-electron chi connectivity index (χ3n) is 3.87. The van der Waals surface area contributed by atoms with Crippen LogP contribution in [0.1, 0.15) is 5.56 Å². The van der Waals surface area contributed by atoms with Gasteiger partial charge in [-0.05, 0) is 24.3 Å². The summed E-state index contributed by atoms with van der Waals surface area (Å²) in [6.45, 7) is -0.922. The molecule has 1 aliphatic heterocycles. The quantitative estimate of drug-likeness (QED) is 0.634. The first-order chi connectivity index (χ1) is 13.1. The average Bonchev–Trinajstić information content (AvgIpc) is 2.63. The molecule has 28 heavy (non-hydrogen) atoms. The lowest BCUT2D eigenvalue weighted by Gasteiger charge is -2.28. The first kappa shape index (κ1) is 19.1. The van der Waals surface area contributed by atoms with Crippen molar-refractivity contribution in [3.8, 4) is 5.75 Å². The molecular formula is C17H12F3N3O5. The van der Waals surface area contributed by atoms with Crippen molar-refractivity contribution < 1.29 is 32.4 Å². The van der Waals surface area contributed by atoms with E-state index in [1.807, 2.05) is 0 Å². The van der Waals surface area contributed by atoms with Gasteiger partial charge in [0.05, 0.1) is 16.2 Å². The minimum Gasteiger partial charge on any atom is -0.482 e. The van der Waals surface area contributed by atoms with Crippen LogP contribution in [0.25, 0.3) is 0 Å². The number of halogens is 3. The molecule has 2 aromatic rings. The second-order valence-corrected chi connectivity index (χ2v) is 5.80. The summed E-state index contributed by atoms with van der Waals surface area (Å²) < 4.78 is 43.5. The Morgan fingerprint density at radius 1 is 1.25 bits per heavy atom. The molecule has 2 amide bonds. The molecule has 0 radical (unpaired) electrons. The largest absolute Gasteiger partial charge is 0.482 e. The maximum Gasteiger partial charge on any atom is 0.416 e. The first-order valence-electron chi connectivity index (χ1n) is 7.84. The number of nitrogens with zero attached hydrogens (tertiary/aromatic N) is 2. The van der Waals surface area contributed by atoms with Gasteiger partial charge in [-0.3, -0.25) is 24.6 Å². The van der Waals surface area contributed by atoms with Gasteiger partial charge in [-0.2, -0.15) is 13.2 Å². The summed E-state index contributed by atoms with van der Waals surface area (Å²) >= 11 is 0. The maximum atomic E-state index is 12.8. The highest BCUT2D eigenvalue weighted by molar-refractivity contribution is 6.05. The van der Waals surface area contributed by atoms with E-state index in [-0.39, 0.29) is 29.4 Å². The number of hydrogen-bond acceptors (Lipinski definition) is 5. The van der Waals surface area contributed by atoms with Crippen LogP contribution in [0, 0.1) is 10.1 Å². The van der Waals surface area contributed by atoms with Gasteiger partial charge in [0.25, 0.3) is 11.6 Å². The zero-order valence-corrected chi connectivity index (χ0v) is 14.0. The van der Waals surface area contributed by atoms with E-state index in [2.05, 4.69) is 5.32 Å². The van der Waals surface area contributed by atoms with E-state index in [0.29, 0.717) is 0 Å². The number of nitro benzene ring substituents is 1. The summed E-state index contributed by atoms with van der Waals surface area (Å²) in [6, 6.07) is 7.61. The Morgan fingerprint density at radius 2 is 2.00 bits per heavy atom. The Balaban J connectivity index is 1.80. The zero-order valence-electron chi connectivity index (χ0n) is 14.0. The predicted octanol–water partition coefficient (Wildman–Crippen LogP) is 2.98. The maximum absolute atomic E-state index is 12.8. The minimum absolute atomic E-state index is 0.0321. The van der Waals surface area contributed by atoms with E-state index >= 15 is 0 Å². The van der Waals surface area contributed by atoms with E-state index in [9.17, 15) is 32.9 Å². The van der Waals surface area contributed by atoms with Gasteiger partial charge < -0.3 is 10.1 Å². The standard InChI is InChI=1S/C17H12F3N3O5/c18-17(19,20)10-2-1-3-11(6-10)21-15(24)8-22-13-7-12(23(26)27)4-5-14(13)28-9-16(22)25/h1-7H,8-9H2,(H,21,24). The van der Waals surface area contributed by atoms with Crippen LogP contribution < -0.4 is 15.0 Å². The van der Waals surface area contributed by atoms with E-state index < -0.39 is 35.0 Å². The SMILES string of the molecule is O=C(CN1C(=O)COc2ccc([N+](=O)[O-])cc21)Nc1cccc(C(F)(F)F)c1. The van der Waals surface area contributed by atoms with Crippen molar-refractivity contribution in [2.24, 2.45) is 0 Å². The van der Waals surface area contributed by atoms with Gasteiger partial charge in [-0.15, -0.1) is 0 Å². The number of benzene rings is 2. The molecule has 0 bridgehead atoms. The van der Waals surface area contributed by atoms with Gasteiger partial charge in [0.2, 0.25) is 5.91 Å². The van der Waals surface area contributed by atoms with Crippen LogP contribution in [0.5, 0.6) is 5.75 Å². The second kappa shape index (κ2) is 7.18. The highest BCUT2D eigenvalue weighted by Crippen LogP contribution is 2.35. The number of nitrogens with one attached hydrogen (secondary N) is 1. The molecule has 0 aromatic heterocycles. The molecule has 146 valence electrons. The average molecular weight is 395 g/mol. The molecule has 0 aliphatic carbocycles. The van der Waals surface area contributed by atoms with Crippen LogP contribution in [0.4, 0.5) is 30.2 Å². The fraction of sp³-hybridized carbons (Fsp3) is 0.176. The molecule has 0 atom stereocenters. The second-order valence-electron chi connectivity index (χ2n) is 5.80. The molecule has 8 nitrogen and oxygen atoms in total. The van der Waals surface area contributed by atoms with Crippen LogP contribution in [0.3, 0.4) is 0 Å². The molecule has 0 saturated carbocycles. The number of amides is 2. The van der Waals surface area contributed by atoms with E-state index in [1.54, 1.807) is 0 Å². The molecule has 3 rings (SSSR count). The van der Waals surface area contributed by atoms with Crippen molar-refractivity contribution in [1.29, 1.82) is 0 Å². The number of fused-ring (bicyclic) bond motifs is 1. The Bertz CT molecular complexity index is 961. The lowest BCUT2D eigenvalue weighted by molar-refractivity contribution is -0.384. The monoisotopic (exact) mass is 395 g/mol. The van der Waals surface area contributed by atoms with Crippen LogP contribution in [0.2, 0.25) is 0 Å². The van der Waals surface area contributed by atoms with Gasteiger partial charge in [0.1, 0.15) is 12.3 Å². The molecule has 1 heterocycles. The predicted molar refractivity (Wildman–Crippen MR) is 91.0 cm³/mol. The van der Waals surface area contributed by atoms with Gasteiger partial charge in [-0.1, -0.05) is 6.07 Å². The fourth-order valence-corrected chi connectivity index (χ4v) is 2.59. The van der Waals surface area contributed by atoms with Crippen LogP contribution in [-0.2, 0) is 15.8 Å². The van der Waals surface area contributed by atoms with Crippen molar-refractivity contribution in [2.45, 2.75) is 6.18 Å². The van der Waals surface area contributed by atoms with Crippen molar-refractivity contribution in [2.75, 3.05) is 23.4 Å². The Labute approximate surface area is 155 Å². The number of anilines is 2. The number of carbonyl (C=O) groups excluding carboxylic acids is 2. The topological polar surface area (TPSA) is 102 Å². The highest BCUT2D eigenvalue weighted by Gasteiger charge is 2.31. The number of carbonyl (C=O) groups is 2. The molecule has 0 fully saturated rings. The van der Waals surface area contributed by atoms with Gasteiger partial charge in [0.15, 0.2) is 6.61 Å². The minimum atomic E-state index is -4.57. The van der Waals surface area contributed by atoms with Crippen molar-refractivity contribution in [3.05, 3.63) is 58.1 Å². The lowest BCUT2D eigenvalue weighted by Crippen LogP contribution is -2.43. The van der Waals surface area contributed by atoms with Crippen LogP contribution in [0.15, 0.2) is 42.5 Å². The summed E-state index contributed by atoms with van der Waals surface area (Å²) in [7, 11) is 0. The molecule has 0 spiro atoms. The third-order valence-corrected chi connectivity index (χ3v) is 3.87. The van der Waals surface area contributed by atoms with E-state index in [4.69, 9.17) is 4.74 Å². The molecular weight excluding hydrogens is 383 g/mol. The first-order valence-corrected chi connectivity index (χ1v) is 7.84. The van der Waals surface area contributed by atoms with Crippen molar-refractivity contribution in [1.82, 2.24) is 0 Å². The number of rotatable bonds is 4. The summed E-state index contributed by atoms with van der Waals surface area (Å²) in [5.74, 6) is -1.21. The van der Waals surface area contributed by atoms with E-state index in [1.165, 1.54) is 18.2 Å². The zero-order chi connectivity index (χ0) is 20.5. The molecule has 2 aromatic carbocycles. The van der Waals surface area contributed by atoms with Gasteiger partial charge >= 0.3 is 6.18 Å². The normalized spacial score (nSPS) is 13.5. The third kappa shape index (κ3) is 4.03. The summed E-state index contributed by atoms with van der Waals surface area (Å²) in [6.07, 6.45) is -4.57. The van der Waals surface area contributed by atoms with Crippen LogP contribution >= 0.6 is 0 Å². The number of hydrogen-bond donors (Lipinski definition) is 1. The molecule has 11 heteroatoms. The number of nitro groups is 1. The smallest absolute Gasteiger partial charge is 0.416 e. The Hall–Kier alpha value is -3.63. The van der Waals surface area contributed by atoms with Gasteiger partial charge in [-0.25, -0.2) is 0 Å². The molecule has 0 saturated heterocycles. The Kier molecular flexibility index (Phi) is 4.91. The molecule has 1 aliphatic rings. The van der Waals surface area contributed by atoms with Crippen LogP contribution in [-0.4, -0.2) is 29.9 Å². The van der Waals surface area contributed by atoms with Crippen molar-refractivity contribution >= 4 is 28.9 Å². The van der Waals surface area contributed by atoms with E-state index in [0.717, 1.165) is 29.2 Å². The number of alkyl halides is 3. The highest BCUT2D eigenvalue weighted by atomic mass is 19.4. The van der Waals surface area contributed by atoms with Gasteiger partial charge in [0, 0.05) is 17.8 Å². The lowest BCUT2D eigenvalue weighted by atomic mass is 10.2. The Morgan fingerprint density at radius 3 is 2.68 bits per heavy atom.